The summed E-state index contributed by atoms with van der Waals surface area (Å²) < 4.78 is 0. The van der Waals surface area contributed by atoms with Crippen LogP contribution in [0, 0.1) is 0 Å². The van der Waals surface area contributed by atoms with Gasteiger partial charge in [0.1, 0.15) is 0 Å². The molecule has 0 saturated heterocycles. The first-order chi connectivity index (χ1) is 4.29. The Balaban J connectivity index is 2.54. The Hall–Kier alpha value is -0.720. The highest BCUT2D eigenvalue weighted by atomic mass is 14.6. The Labute approximate surface area is 56.2 Å². The molecular weight excluding hydrogens is 110 g/mol. The van der Waals surface area contributed by atoms with Crippen molar-refractivity contribution < 1.29 is 0 Å². The third-order valence-electron chi connectivity index (χ3n) is 1.65. The van der Waals surface area contributed by atoms with E-state index in [9.17, 15) is 0 Å². The zero-order valence-electron chi connectivity index (χ0n) is 5.85. The van der Waals surface area contributed by atoms with Gasteiger partial charge in [-0.05, 0) is 26.2 Å². The first-order valence-electron chi connectivity index (χ1n) is 3.39. The highest BCUT2D eigenvalue weighted by Gasteiger charge is 1.96. The van der Waals surface area contributed by atoms with Gasteiger partial charge >= 0.3 is 0 Å². The molecular formula is C8H13N. The van der Waals surface area contributed by atoms with Gasteiger partial charge in [0, 0.05) is 5.70 Å². The second kappa shape index (κ2) is 2.72. The number of hydrogen-bond donors (Lipinski definition) is 1. The predicted molar refractivity (Wildman–Crippen MR) is 39.9 cm³/mol. The summed E-state index contributed by atoms with van der Waals surface area (Å²) in [7, 11) is 0. The summed E-state index contributed by atoms with van der Waals surface area (Å²) in [5, 5.41) is 0. The van der Waals surface area contributed by atoms with Crippen molar-refractivity contribution in [2.75, 3.05) is 0 Å². The van der Waals surface area contributed by atoms with Crippen molar-refractivity contribution >= 4 is 0 Å². The third kappa shape index (κ3) is 1.92. The third-order valence-corrected chi connectivity index (χ3v) is 1.65. The minimum atomic E-state index is 1.03. The lowest BCUT2D eigenvalue weighted by molar-refractivity contribution is 0.919. The lowest BCUT2D eigenvalue weighted by Crippen LogP contribution is -1.94. The minimum Gasteiger partial charge on any atom is -0.402 e. The van der Waals surface area contributed by atoms with Gasteiger partial charge in [0.2, 0.25) is 0 Å². The van der Waals surface area contributed by atoms with Crippen LogP contribution in [0.1, 0.15) is 26.2 Å². The molecule has 1 heteroatoms. The van der Waals surface area contributed by atoms with E-state index in [4.69, 9.17) is 5.73 Å². The maximum absolute atomic E-state index is 5.62. The monoisotopic (exact) mass is 123 g/mol. The summed E-state index contributed by atoms with van der Waals surface area (Å²) in [6, 6.07) is 0. The van der Waals surface area contributed by atoms with E-state index in [2.05, 4.69) is 19.1 Å². The molecule has 0 unspecified atom stereocenters. The molecule has 0 aromatic heterocycles. The van der Waals surface area contributed by atoms with Crippen LogP contribution < -0.4 is 5.73 Å². The van der Waals surface area contributed by atoms with Crippen LogP contribution in [0.3, 0.4) is 0 Å². The van der Waals surface area contributed by atoms with E-state index >= 15 is 0 Å². The molecule has 0 radical (unpaired) electrons. The quantitative estimate of drug-likeness (QED) is 0.489. The standard InChI is InChI=1S/C8H13N/c1-7-3-2-4-8(9)6-5-7/h3-4H,2,5-6,9H2,1H3. The molecule has 0 amide bonds. The molecule has 1 aliphatic rings. The topological polar surface area (TPSA) is 26.0 Å². The van der Waals surface area contributed by atoms with E-state index in [0.29, 0.717) is 0 Å². The molecule has 0 fully saturated rings. The highest BCUT2D eigenvalue weighted by molar-refractivity contribution is 5.11. The second-order valence-corrected chi connectivity index (χ2v) is 2.57. The smallest absolute Gasteiger partial charge is 0.00463 e. The Morgan fingerprint density at radius 1 is 1.33 bits per heavy atom. The average molecular weight is 123 g/mol. The van der Waals surface area contributed by atoms with Crippen LogP contribution in [-0.2, 0) is 0 Å². The van der Waals surface area contributed by atoms with Gasteiger partial charge in [-0.25, -0.2) is 0 Å². The first kappa shape index (κ1) is 6.40. The van der Waals surface area contributed by atoms with E-state index in [1.54, 1.807) is 0 Å². The van der Waals surface area contributed by atoms with Crippen LogP contribution in [0.5, 0.6) is 0 Å². The summed E-state index contributed by atoms with van der Waals surface area (Å²) in [6.45, 7) is 2.16. The molecule has 1 aliphatic carbocycles. The lowest BCUT2D eigenvalue weighted by Gasteiger charge is -1.95. The van der Waals surface area contributed by atoms with Crippen molar-refractivity contribution in [2.24, 2.45) is 5.73 Å². The maximum atomic E-state index is 5.62. The molecule has 0 aromatic rings. The van der Waals surface area contributed by atoms with Gasteiger partial charge in [-0.3, -0.25) is 0 Å². The molecule has 0 bridgehead atoms. The summed E-state index contributed by atoms with van der Waals surface area (Å²) in [5.41, 5.74) is 8.13. The Kier molecular flexibility index (Phi) is 1.93. The van der Waals surface area contributed by atoms with Crippen LogP contribution in [-0.4, -0.2) is 0 Å². The summed E-state index contributed by atoms with van der Waals surface area (Å²) in [4.78, 5) is 0. The Morgan fingerprint density at radius 3 is 2.89 bits per heavy atom. The largest absolute Gasteiger partial charge is 0.402 e. The van der Waals surface area contributed by atoms with Crippen molar-refractivity contribution in [2.45, 2.75) is 26.2 Å². The maximum Gasteiger partial charge on any atom is 0.00463 e. The predicted octanol–water partition coefficient (Wildman–Crippen LogP) is 1.96. The first-order valence-corrected chi connectivity index (χ1v) is 3.39. The van der Waals surface area contributed by atoms with Crippen LogP contribution in [0.15, 0.2) is 23.4 Å². The van der Waals surface area contributed by atoms with Crippen LogP contribution in [0.4, 0.5) is 0 Å². The fourth-order valence-corrected chi connectivity index (χ4v) is 0.957. The highest BCUT2D eigenvalue weighted by Crippen LogP contribution is 2.13. The number of hydrogen-bond acceptors (Lipinski definition) is 1. The normalized spacial score (nSPS) is 20.1. The van der Waals surface area contributed by atoms with Crippen molar-refractivity contribution in [1.82, 2.24) is 0 Å². The molecule has 9 heavy (non-hydrogen) atoms. The van der Waals surface area contributed by atoms with Gasteiger partial charge in [0.15, 0.2) is 0 Å². The van der Waals surface area contributed by atoms with Crippen LogP contribution >= 0.6 is 0 Å². The van der Waals surface area contributed by atoms with Gasteiger partial charge in [-0.15, -0.1) is 0 Å². The van der Waals surface area contributed by atoms with Gasteiger partial charge in [0.05, 0.1) is 0 Å². The molecule has 2 N–H and O–H groups in total. The summed E-state index contributed by atoms with van der Waals surface area (Å²) in [5.74, 6) is 0. The SMILES string of the molecule is CC1=CCC=C(N)CC1. The molecule has 0 atom stereocenters. The second-order valence-electron chi connectivity index (χ2n) is 2.57. The molecule has 0 spiro atoms. The lowest BCUT2D eigenvalue weighted by atomic mass is 10.1. The van der Waals surface area contributed by atoms with Crippen molar-refractivity contribution in [3.8, 4) is 0 Å². The average Bonchev–Trinajstić information content (AvgIpc) is 1.97. The van der Waals surface area contributed by atoms with Gasteiger partial charge in [-0.2, -0.15) is 0 Å². The molecule has 0 aliphatic heterocycles. The van der Waals surface area contributed by atoms with Gasteiger partial charge in [-0.1, -0.05) is 17.7 Å². The van der Waals surface area contributed by atoms with Crippen molar-refractivity contribution in [3.05, 3.63) is 23.4 Å². The van der Waals surface area contributed by atoms with Crippen LogP contribution in [0.2, 0.25) is 0 Å². The van der Waals surface area contributed by atoms with Crippen LogP contribution in [0.25, 0.3) is 0 Å². The van der Waals surface area contributed by atoms with E-state index < -0.39 is 0 Å². The molecule has 0 aromatic carbocycles. The van der Waals surface area contributed by atoms with E-state index in [-0.39, 0.29) is 0 Å². The fourth-order valence-electron chi connectivity index (χ4n) is 0.957. The summed E-state index contributed by atoms with van der Waals surface area (Å²) >= 11 is 0. The van der Waals surface area contributed by atoms with Crippen molar-refractivity contribution in [3.63, 3.8) is 0 Å². The zero-order chi connectivity index (χ0) is 6.69. The Bertz CT molecular complexity index is 136. The zero-order valence-corrected chi connectivity index (χ0v) is 5.85. The minimum absolute atomic E-state index is 1.03. The van der Waals surface area contributed by atoms with Gasteiger partial charge in [0.25, 0.3) is 0 Å². The molecule has 0 saturated carbocycles. The van der Waals surface area contributed by atoms with Crippen molar-refractivity contribution in [1.29, 1.82) is 0 Å². The molecule has 0 heterocycles. The van der Waals surface area contributed by atoms with E-state index in [0.717, 1.165) is 25.0 Å². The summed E-state index contributed by atoms with van der Waals surface area (Å²) in [6.07, 6.45) is 7.54. The molecule has 1 nitrogen and oxygen atoms in total. The number of nitrogens with two attached hydrogens (primary N) is 1. The molecule has 1 rings (SSSR count). The fraction of sp³-hybridized carbons (Fsp3) is 0.500. The molecule has 50 valence electrons. The Morgan fingerprint density at radius 2 is 2.11 bits per heavy atom. The van der Waals surface area contributed by atoms with E-state index in [1.165, 1.54) is 5.57 Å². The van der Waals surface area contributed by atoms with E-state index in [1.807, 2.05) is 0 Å². The number of rotatable bonds is 0. The number of allylic oxidation sites excluding steroid dienone is 4. The van der Waals surface area contributed by atoms with Gasteiger partial charge < -0.3 is 5.73 Å².